The second kappa shape index (κ2) is 8.89. The zero-order valence-electron chi connectivity index (χ0n) is 18.1. The van der Waals surface area contributed by atoms with Gasteiger partial charge in [-0.05, 0) is 41.5 Å². The zero-order valence-corrected chi connectivity index (χ0v) is 18.9. The lowest BCUT2D eigenvalue weighted by Crippen LogP contribution is -2.18. The molecule has 3 aromatic carbocycles. The van der Waals surface area contributed by atoms with Crippen molar-refractivity contribution in [1.29, 1.82) is 0 Å². The fraction of sp³-hybridized carbons (Fsp3) is 0.0833. The van der Waals surface area contributed by atoms with E-state index in [0.717, 1.165) is 16.8 Å². The number of H-pyrrole nitrogens is 1. The van der Waals surface area contributed by atoms with Crippen LogP contribution < -0.4 is 15.5 Å². The minimum atomic E-state index is -3.90. The molecule has 0 saturated heterocycles. The van der Waals surface area contributed by atoms with Gasteiger partial charge in [-0.25, -0.2) is 19.0 Å². The van der Waals surface area contributed by atoms with E-state index < -0.39 is 15.9 Å². The number of aromatic amines is 1. The van der Waals surface area contributed by atoms with E-state index in [1.807, 2.05) is 73.6 Å². The largest absolute Gasteiger partial charge is 0.378 e. The van der Waals surface area contributed by atoms with Gasteiger partial charge in [0.1, 0.15) is 5.69 Å². The van der Waals surface area contributed by atoms with Crippen LogP contribution in [0.5, 0.6) is 0 Å². The first-order valence-electron chi connectivity index (χ1n) is 10.1. The van der Waals surface area contributed by atoms with E-state index in [4.69, 9.17) is 5.14 Å². The summed E-state index contributed by atoms with van der Waals surface area (Å²) >= 11 is 0. The number of fused-ring (bicyclic) bond motifs is 1. The lowest BCUT2D eigenvalue weighted by atomic mass is 10.0. The monoisotopic (exact) mass is 461 g/mol. The Morgan fingerprint density at radius 2 is 1.73 bits per heavy atom. The highest BCUT2D eigenvalue weighted by atomic mass is 32.2. The molecule has 0 fully saturated rings. The Labute approximate surface area is 191 Å². The quantitative estimate of drug-likeness (QED) is 0.301. The molecule has 0 radical (unpaired) electrons. The van der Waals surface area contributed by atoms with Crippen LogP contribution >= 0.6 is 0 Å². The van der Waals surface area contributed by atoms with E-state index in [0.29, 0.717) is 16.5 Å². The smallest absolute Gasteiger partial charge is 0.288 e. The SMILES string of the molecule is CN(C)c1ccc(/C=N/NC(=O)c2[nH]c3ccc(S(N)(=O)=O)cc3c2-c2ccccc2)cc1. The van der Waals surface area contributed by atoms with Crippen molar-refractivity contribution >= 4 is 38.7 Å². The molecule has 4 rings (SSSR count). The van der Waals surface area contributed by atoms with Crippen molar-refractivity contribution in [2.45, 2.75) is 4.90 Å². The number of sulfonamides is 1. The van der Waals surface area contributed by atoms with Gasteiger partial charge in [-0.1, -0.05) is 42.5 Å². The normalized spacial score (nSPS) is 11.7. The molecule has 0 aliphatic heterocycles. The van der Waals surface area contributed by atoms with Crippen LogP contribution in [0.15, 0.2) is 82.8 Å². The van der Waals surface area contributed by atoms with Crippen LogP contribution in [0.4, 0.5) is 5.69 Å². The van der Waals surface area contributed by atoms with Gasteiger partial charge in [0.25, 0.3) is 5.91 Å². The van der Waals surface area contributed by atoms with E-state index in [1.54, 1.807) is 12.3 Å². The van der Waals surface area contributed by atoms with E-state index in [1.165, 1.54) is 12.1 Å². The van der Waals surface area contributed by atoms with Crippen LogP contribution in [0.25, 0.3) is 22.0 Å². The summed E-state index contributed by atoms with van der Waals surface area (Å²) in [5, 5.41) is 9.96. The zero-order chi connectivity index (χ0) is 23.6. The van der Waals surface area contributed by atoms with Gasteiger partial charge in [0.15, 0.2) is 0 Å². The van der Waals surface area contributed by atoms with Crippen LogP contribution in [0.3, 0.4) is 0 Å². The maximum Gasteiger partial charge on any atom is 0.288 e. The van der Waals surface area contributed by atoms with Crippen molar-refractivity contribution in [3.63, 3.8) is 0 Å². The third-order valence-electron chi connectivity index (χ3n) is 5.18. The van der Waals surface area contributed by atoms with Crippen LogP contribution in [-0.4, -0.2) is 39.6 Å². The Bertz CT molecular complexity index is 1440. The molecule has 0 aliphatic rings. The van der Waals surface area contributed by atoms with Gasteiger partial charge in [-0.15, -0.1) is 0 Å². The molecule has 1 heterocycles. The molecule has 1 aromatic heterocycles. The van der Waals surface area contributed by atoms with Gasteiger partial charge in [0, 0.05) is 36.2 Å². The maximum absolute atomic E-state index is 13.0. The van der Waals surface area contributed by atoms with Gasteiger partial charge < -0.3 is 9.88 Å². The number of nitrogens with zero attached hydrogens (tertiary/aromatic N) is 2. The second-order valence-corrected chi connectivity index (χ2v) is 9.24. The first kappa shape index (κ1) is 22.3. The number of hydrazone groups is 1. The highest BCUT2D eigenvalue weighted by molar-refractivity contribution is 7.89. The number of aromatic nitrogens is 1. The van der Waals surface area contributed by atoms with Crippen LogP contribution in [0, 0.1) is 0 Å². The summed E-state index contributed by atoms with van der Waals surface area (Å²) in [5.41, 5.74) is 6.63. The Morgan fingerprint density at radius 3 is 2.36 bits per heavy atom. The number of carbonyl (C=O) groups excluding carboxylic acids is 1. The number of rotatable bonds is 6. The number of anilines is 1. The predicted molar refractivity (Wildman–Crippen MR) is 131 cm³/mol. The summed E-state index contributed by atoms with van der Waals surface area (Å²) in [6, 6.07) is 21.4. The molecule has 4 aromatic rings. The highest BCUT2D eigenvalue weighted by Gasteiger charge is 2.20. The third kappa shape index (κ3) is 4.79. The summed E-state index contributed by atoms with van der Waals surface area (Å²) < 4.78 is 23.7. The lowest BCUT2D eigenvalue weighted by molar-refractivity contribution is 0.0951. The van der Waals surface area contributed by atoms with Gasteiger partial charge in [0.05, 0.1) is 11.1 Å². The minimum Gasteiger partial charge on any atom is -0.378 e. The molecule has 0 unspecified atom stereocenters. The molecule has 8 nitrogen and oxygen atoms in total. The van der Waals surface area contributed by atoms with E-state index in [9.17, 15) is 13.2 Å². The van der Waals surface area contributed by atoms with E-state index in [2.05, 4.69) is 15.5 Å². The van der Waals surface area contributed by atoms with E-state index in [-0.39, 0.29) is 10.6 Å². The number of benzene rings is 3. The Hall–Kier alpha value is -3.95. The van der Waals surface area contributed by atoms with Crippen molar-refractivity contribution in [1.82, 2.24) is 10.4 Å². The number of nitrogens with one attached hydrogen (secondary N) is 2. The van der Waals surface area contributed by atoms with Gasteiger partial charge in [0.2, 0.25) is 10.0 Å². The molecule has 33 heavy (non-hydrogen) atoms. The predicted octanol–water partition coefficient (Wildman–Crippen LogP) is 3.31. The Morgan fingerprint density at radius 1 is 1.03 bits per heavy atom. The number of carbonyl (C=O) groups is 1. The second-order valence-electron chi connectivity index (χ2n) is 7.68. The van der Waals surface area contributed by atoms with Crippen molar-refractivity contribution < 1.29 is 13.2 Å². The number of hydrogen-bond donors (Lipinski definition) is 3. The average Bonchev–Trinajstić information content (AvgIpc) is 3.18. The molecule has 9 heteroatoms. The van der Waals surface area contributed by atoms with E-state index >= 15 is 0 Å². The topological polar surface area (TPSA) is 121 Å². The fourth-order valence-corrected chi connectivity index (χ4v) is 4.04. The molecule has 1 amide bonds. The number of nitrogens with two attached hydrogens (primary N) is 1. The van der Waals surface area contributed by atoms with Gasteiger partial charge in [-0.3, -0.25) is 4.79 Å². The number of primary sulfonamides is 1. The van der Waals surface area contributed by atoms with Gasteiger partial charge in [-0.2, -0.15) is 5.10 Å². The lowest BCUT2D eigenvalue weighted by Gasteiger charge is -2.11. The fourth-order valence-electron chi connectivity index (χ4n) is 3.50. The Kier molecular flexibility index (Phi) is 5.99. The van der Waals surface area contributed by atoms with Crippen LogP contribution in [0.1, 0.15) is 16.1 Å². The molecule has 0 atom stereocenters. The van der Waals surface area contributed by atoms with Crippen molar-refractivity contribution in [3.8, 4) is 11.1 Å². The first-order valence-corrected chi connectivity index (χ1v) is 11.6. The minimum absolute atomic E-state index is 0.0302. The number of amides is 1. The van der Waals surface area contributed by atoms with Crippen LogP contribution in [0.2, 0.25) is 0 Å². The first-order chi connectivity index (χ1) is 15.7. The maximum atomic E-state index is 13.0. The summed E-state index contributed by atoms with van der Waals surface area (Å²) in [7, 11) is 0.0179. The average molecular weight is 462 g/mol. The molecule has 4 N–H and O–H groups in total. The molecule has 168 valence electrons. The molecular formula is C24H23N5O3S. The summed E-state index contributed by atoms with van der Waals surface area (Å²) in [6.07, 6.45) is 1.56. The summed E-state index contributed by atoms with van der Waals surface area (Å²) in [5.74, 6) is -0.455. The molecule has 0 saturated carbocycles. The van der Waals surface area contributed by atoms with Gasteiger partial charge >= 0.3 is 0 Å². The summed E-state index contributed by atoms with van der Waals surface area (Å²) in [6.45, 7) is 0. The summed E-state index contributed by atoms with van der Waals surface area (Å²) in [4.78, 5) is 18.1. The molecule has 0 aliphatic carbocycles. The van der Waals surface area contributed by atoms with Crippen molar-refractivity contribution in [3.05, 3.63) is 84.1 Å². The van der Waals surface area contributed by atoms with Crippen molar-refractivity contribution in [2.75, 3.05) is 19.0 Å². The molecule has 0 spiro atoms. The van der Waals surface area contributed by atoms with Crippen molar-refractivity contribution in [2.24, 2.45) is 10.2 Å². The third-order valence-corrected chi connectivity index (χ3v) is 6.09. The number of hydrogen-bond acceptors (Lipinski definition) is 5. The van der Waals surface area contributed by atoms with Crippen LogP contribution in [-0.2, 0) is 10.0 Å². The molecular weight excluding hydrogens is 438 g/mol. The molecule has 0 bridgehead atoms. The highest BCUT2D eigenvalue weighted by Crippen LogP contribution is 2.33. The Balaban J connectivity index is 1.69. The standard InChI is InChI=1S/C24H23N5O3S/c1-29(2)18-10-8-16(9-11-18)15-26-28-24(30)23-22(17-6-4-3-5-7-17)20-14-19(33(25,31)32)12-13-21(20)27-23/h3-15,27H,1-2H3,(H,28,30)(H2,25,31,32)/b26-15+.